The highest BCUT2D eigenvalue weighted by molar-refractivity contribution is 5.48. The highest BCUT2D eigenvalue weighted by atomic mass is 16.5. The first kappa shape index (κ1) is 14.6. The van der Waals surface area contributed by atoms with E-state index in [4.69, 9.17) is 4.74 Å². The largest absolute Gasteiger partial charge is 0.456 e. The smallest absolute Gasteiger partial charge is 0.133 e. The van der Waals surface area contributed by atoms with Gasteiger partial charge in [-0.2, -0.15) is 0 Å². The summed E-state index contributed by atoms with van der Waals surface area (Å²) in [6.07, 6.45) is 0.184. The number of aliphatic hydroxyl groups is 1. The molecule has 2 nitrogen and oxygen atoms in total. The van der Waals surface area contributed by atoms with E-state index in [1.807, 2.05) is 38.1 Å². The molecule has 0 saturated heterocycles. The van der Waals surface area contributed by atoms with Gasteiger partial charge in [-0.3, -0.25) is 0 Å². The molecule has 0 amide bonds. The van der Waals surface area contributed by atoms with E-state index in [2.05, 4.69) is 26.0 Å². The number of hydrogen-bond acceptors (Lipinski definition) is 2. The predicted molar refractivity (Wildman–Crippen MR) is 82.4 cm³/mol. The summed E-state index contributed by atoms with van der Waals surface area (Å²) in [5, 5.41) is 10.1. The number of rotatable bonds is 4. The Balaban J connectivity index is 2.43. The van der Waals surface area contributed by atoms with Crippen LogP contribution in [0.25, 0.3) is 0 Å². The molecule has 0 aliphatic heterocycles. The molecule has 2 heteroatoms. The van der Waals surface area contributed by atoms with E-state index in [-0.39, 0.29) is 0 Å². The van der Waals surface area contributed by atoms with Crippen LogP contribution in [0.2, 0.25) is 0 Å². The summed E-state index contributed by atoms with van der Waals surface area (Å²) in [6, 6.07) is 11.9. The van der Waals surface area contributed by atoms with Crippen molar-refractivity contribution in [1.82, 2.24) is 0 Å². The molecule has 0 aliphatic rings. The first-order valence-electron chi connectivity index (χ1n) is 7.06. The number of aryl methyl sites for hydroxylation is 2. The number of benzene rings is 2. The Labute approximate surface area is 121 Å². The van der Waals surface area contributed by atoms with Crippen molar-refractivity contribution in [3.8, 4) is 11.5 Å². The van der Waals surface area contributed by atoms with Crippen LogP contribution in [0.15, 0.2) is 36.4 Å². The molecule has 2 aromatic rings. The van der Waals surface area contributed by atoms with E-state index in [9.17, 15) is 5.11 Å². The lowest BCUT2D eigenvalue weighted by atomic mass is 10.0. The van der Waals surface area contributed by atoms with Gasteiger partial charge < -0.3 is 9.84 Å². The van der Waals surface area contributed by atoms with Crippen LogP contribution < -0.4 is 4.74 Å². The van der Waals surface area contributed by atoms with Crippen molar-refractivity contribution >= 4 is 0 Å². The van der Waals surface area contributed by atoms with Crippen LogP contribution in [-0.4, -0.2) is 5.11 Å². The van der Waals surface area contributed by atoms with E-state index >= 15 is 0 Å². The Morgan fingerprint density at radius 2 is 1.65 bits per heavy atom. The second-order valence-corrected chi connectivity index (χ2v) is 5.22. The third-order valence-electron chi connectivity index (χ3n) is 3.75. The average Bonchev–Trinajstić information content (AvgIpc) is 2.47. The van der Waals surface area contributed by atoms with E-state index in [1.54, 1.807) is 0 Å². The van der Waals surface area contributed by atoms with Gasteiger partial charge in [0.15, 0.2) is 0 Å². The minimum Gasteiger partial charge on any atom is -0.456 e. The maximum atomic E-state index is 10.1. The molecule has 20 heavy (non-hydrogen) atoms. The Kier molecular flexibility index (Phi) is 4.46. The standard InChI is InChI=1S/C18H22O2/c1-5-16(19)15-8-6-7-9-17(15)20-18-13(3)11-10-12(2)14(18)4/h6-11,16,19H,5H2,1-4H3/t16-/m1/s1. The first-order valence-corrected chi connectivity index (χ1v) is 7.06. The fourth-order valence-corrected chi connectivity index (χ4v) is 2.26. The maximum Gasteiger partial charge on any atom is 0.133 e. The van der Waals surface area contributed by atoms with E-state index in [0.717, 1.165) is 28.2 Å². The van der Waals surface area contributed by atoms with Gasteiger partial charge >= 0.3 is 0 Å². The maximum absolute atomic E-state index is 10.1. The lowest BCUT2D eigenvalue weighted by Gasteiger charge is -2.18. The summed E-state index contributed by atoms with van der Waals surface area (Å²) in [7, 11) is 0. The van der Waals surface area contributed by atoms with Crippen LogP contribution >= 0.6 is 0 Å². The number of para-hydroxylation sites is 1. The molecule has 0 spiro atoms. The Bertz CT molecular complexity index is 602. The quantitative estimate of drug-likeness (QED) is 0.860. The summed E-state index contributed by atoms with van der Waals surface area (Å²) in [4.78, 5) is 0. The van der Waals surface area contributed by atoms with Gasteiger partial charge in [0.1, 0.15) is 11.5 Å². The Hall–Kier alpha value is -1.80. The van der Waals surface area contributed by atoms with E-state index in [0.29, 0.717) is 6.42 Å². The number of hydrogen-bond donors (Lipinski definition) is 1. The zero-order chi connectivity index (χ0) is 14.7. The molecule has 0 saturated carbocycles. The number of aliphatic hydroxyl groups excluding tert-OH is 1. The topological polar surface area (TPSA) is 29.5 Å². The highest BCUT2D eigenvalue weighted by Crippen LogP contribution is 2.35. The predicted octanol–water partition coefficient (Wildman–Crippen LogP) is 4.85. The monoisotopic (exact) mass is 270 g/mol. The van der Waals surface area contributed by atoms with Gasteiger partial charge in [0.2, 0.25) is 0 Å². The van der Waals surface area contributed by atoms with Gasteiger partial charge in [0.25, 0.3) is 0 Å². The zero-order valence-electron chi connectivity index (χ0n) is 12.6. The van der Waals surface area contributed by atoms with Gasteiger partial charge in [-0.1, -0.05) is 37.3 Å². The molecular weight excluding hydrogens is 248 g/mol. The van der Waals surface area contributed by atoms with Crippen LogP contribution in [0.1, 0.15) is 41.7 Å². The average molecular weight is 270 g/mol. The molecule has 106 valence electrons. The van der Waals surface area contributed by atoms with Gasteiger partial charge in [-0.25, -0.2) is 0 Å². The first-order chi connectivity index (χ1) is 9.54. The minimum atomic E-state index is -0.489. The van der Waals surface area contributed by atoms with Crippen LogP contribution in [0.3, 0.4) is 0 Å². The summed E-state index contributed by atoms with van der Waals surface area (Å²) < 4.78 is 6.11. The zero-order valence-corrected chi connectivity index (χ0v) is 12.6. The van der Waals surface area contributed by atoms with Crippen molar-refractivity contribution in [2.45, 2.75) is 40.2 Å². The Morgan fingerprint density at radius 3 is 2.35 bits per heavy atom. The van der Waals surface area contributed by atoms with Gasteiger partial charge in [-0.15, -0.1) is 0 Å². The molecule has 0 heterocycles. The van der Waals surface area contributed by atoms with E-state index < -0.39 is 6.10 Å². The van der Waals surface area contributed by atoms with Crippen molar-refractivity contribution < 1.29 is 9.84 Å². The molecule has 0 unspecified atom stereocenters. The molecule has 0 aromatic heterocycles. The SMILES string of the molecule is CC[C@@H](O)c1ccccc1Oc1c(C)ccc(C)c1C. The molecule has 2 aromatic carbocycles. The lowest BCUT2D eigenvalue weighted by Crippen LogP contribution is -2.00. The Morgan fingerprint density at radius 1 is 1.00 bits per heavy atom. The third kappa shape index (κ3) is 2.86. The normalized spacial score (nSPS) is 12.2. The van der Waals surface area contributed by atoms with Gasteiger partial charge in [0, 0.05) is 5.56 Å². The van der Waals surface area contributed by atoms with Crippen molar-refractivity contribution in [3.63, 3.8) is 0 Å². The lowest BCUT2D eigenvalue weighted by molar-refractivity contribution is 0.170. The molecule has 0 aliphatic carbocycles. The summed E-state index contributed by atoms with van der Waals surface area (Å²) in [5.74, 6) is 1.62. The van der Waals surface area contributed by atoms with Crippen LogP contribution in [0.5, 0.6) is 11.5 Å². The van der Waals surface area contributed by atoms with Crippen molar-refractivity contribution in [3.05, 3.63) is 58.7 Å². The summed E-state index contributed by atoms with van der Waals surface area (Å²) >= 11 is 0. The molecular formula is C18H22O2. The fraction of sp³-hybridized carbons (Fsp3) is 0.333. The van der Waals surface area contributed by atoms with Crippen LogP contribution in [0.4, 0.5) is 0 Å². The molecule has 0 bridgehead atoms. The molecule has 2 rings (SSSR count). The van der Waals surface area contributed by atoms with E-state index in [1.165, 1.54) is 5.56 Å². The molecule has 1 N–H and O–H groups in total. The summed E-state index contributed by atoms with van der Waals surface area (Å²) in [5.41, 5.74) is 4.30. The molecule has 0 fully saturated rings. The van der Waals surface area contributed by atoms with Gasteiger partial charge in [-0.05, 0) is 49.9 Å². The fourth-order valence-electron chi connectivity index (χ4n) is 2.26. The minimum absolute atomic E-state index is 0.489. The third-order valence-corrected chi connectivity index (χ3v) is 3.75. The number of ether oxygens (including phenoxy) is 1. The van der Waals surface area contributed by atoms with Crippen LogP contribution in [0, 0.1) is 20.8 Å². The van der Waals surface area contributed by atoms with Gasteiger partial charge in [0.05, 0.1) is 6.10 Å². The highest BCUT2D eigenvalue weighted by Gasteiger charge is 2.14. The molecule has 1 atom stereocenters. The summed E-state index contributed by atoms with van der Waals surface area (Å²) in [6.45, 7) is 8.15. The van der Waals surface area contributed by atoms with Crippen molar-refractivity contribution in [1.29, 1.82) is 0 Å². The molecule has 0 radical (unpaired) electrons. The van der Waals surface area contributed by atoms with Crippen LogP contribution in [-0.2, 0) is 0 Å². The van der Waals surface area contributed by atoms with Crippen molar-refractivity contribution in [2.24, 2.45) is 0 Å². The second kappa shape index (κ2) is 6.10. The van der Waals surface area contributed by atoms with Crippen molar-refractivity contribution in [2.75, 3.05) is 0 Å². The second-order valence-electron chi connectivity index (χ2n) is 5.22.